The van der Waals surface area contributed by atoms with Crippen LogP contribution in [0.15, 0.2) is 221 Å². The molecule has 2 atom stereocenters. The van der Waals surface area contributed by atoms with Crippen LogP contribution in [0, 0.1) is 19.8 Å². The van der Waals surface area contributed by atoms with Crippen molar-refractivity contribution in [1.82, 2.24) is 0 Å². The third-order valence-electron chi connectivity index (χ3n) is 13.8. The summed E-state index contributed by atoms with van der Waals surface area (Å²) in [4.78, 5) is 6.64. The second-order valence-electron chi connectivity index (χ2n) is 18.2. The molecule has 0 N–H and O–H groups in total. The molecule has 1 aliphatic carbocycles. The first-order chi connectivity index (χ1) is 31.9. The summed E-state index contributed by atoms with van der Waals surface area (Å²) in [6.45, 7) is 6.85. The van der Waals surface area contributed by atoms with E-state index in [-0.39, 0.29) is 5.92 Å². The number of nitrogens with zero attached hydrogens (tertiary/aromatic N) is 1. The molecule has 0 spiro atoms. The maximum absolute atomic E-state index is 2.56. The molecule has 12 rings (SSSR count). The number of hydrogen-bond donors (Lipinski definition) is 0. The molecular formula is C62H49NS2. The lowest BCUT2D eigenvalue weighted by Crippen LogP contribution is -2.20. The van der Waals surface area contributed by atoms with Gasteiger partial charge in [0.05, 0.1) is 5.70 Å². The van der Waals surface area contributed by atoms with E-state index in [0.717, 1.165) is 12.8 Å². The fourth-order valence-corrected chi connectivity index (χ4v) is 13.4. The largest absolute Gasteiger partial charge is 0.310 e. The molecule has 0 fully saturated rings. The van der Waals surface area contributed by atoms with Gasteiger partial charge in [-0.2, -0.15) is 0 Å². The summed E-state index contributed by atoms with van der Waals surface area (Å²) < 4.78 is 0. The summed E-state index contributed by atoms with van der Waals surface area (Å²) in [7, 11) is 0. The molecule has 0 saturated heterocycles. The first-order valence-corrected chi connectivity index (χ1v) is 24.7. The van der Waals surface area contributed by atoms with Crippen LogP contribution < -0.4 is 4.90 Å². The number of fused-ring (bicyclic) bond motifs is 9. The molecule has 3 heteroatoms. The maximum atomic E-state index is 2.56. The van der Waals surface area contributed by atoms with Crippen LogP contribution in [0.4, 0.5) is 11.4 Å². The molecular weight excluding hydrogens is 823 g/mol. The third kappa shape index (κ3) is 7.13. The molecule has 65 heavy (non-hydrogen) atoms. The smallest absolute Gasteiger partial charge is 0.0508 e. The topological polar surface area (TPSA) is 3.24 Å². The Morgan fingerprint density at radius 1 is 0.569 bits per heavy atom. The number of anilines is 2. The molecule has 314 valence electrons. The van der Waals surface area contributed by atoms with Gasteiger partial charge in [0.25, 0.3) is 0 Å². The van der Waals surface area contributed by atoms with E-state index in [9.17, 15) is 0 Å². The summed E-state index contributed by atoms with van der Waals surface area (Å²) in [5.41, 5.74) is 18.3. The van der Waals surface area contributed by atoms with Crippen molar-refractivity contribution in [3.63, 3.8) is 0 Å². The first-order valence-electron chi connectivity index (χ1n) is 23.0. The molecule has 3 aliphatic rings. The van der Waals surface area contributed by atoms with Crippen molar-refractivity contribution in [1.29, 1.82) is 0 Å². The average Bonchev–Trinajstić information content (AvgIpc) is 3.65. The minimum Gasteiger partial charge on any atom is -0.310 e. The van der Waals surface area contributed by atoms with Gasteiger partial charge in [0, 0.05) is 42.6 Å². The molecule has 1 nitrogen and oxygen atoms in total. The van der Waals surface area contributed by atoms with Crippen LogP contribution in [-0.2, 0) is 6.42 Å². The highest BCUT2D eigenvalue weighted by atomic mass is 32.2. The molecule has 0 saturated carbocycles. The first kappa shape index (κ1) is 40.0. The van der Waals surface area contributed by atoms with E-state index in [2.05, 4.69) is 226 Å². The zero-order valence-electron chi connectivity index (χ0n) is 37.0. The van der Waals surface area contributed by atoms with Crippen LogP contribution >= 0.6 is 23.5 Å². The number of hydrogen-bond acceptors (Lipinski definition) is 3. The summed E-state index contributed by atoms with van der Waals surface area (Å²) in [6, 6.07) is 70.9. The second-order valence-corrected chi connectivity index (χ2v) is 20.4. The zero-order chi connectivity index (χ0) is 43.6. The molecule has 0 amide bonds. The molecule has 0 aromatic heterocycles. The van der Waals surface area contributed by atoms with E-state index in [1.54, 1.807) is 0 Å². The van der Waals surface area contributed by atoms with Crippen LogP contribution in [0.5, 0.6) is 0 Å². The van der Waals surface area contributed by atoms with Crippen molar-refractivity contribution in [2.24, 2.45) is 5.92 Å². The van der Waals surface area contributed by atoms with Crippen LogP contribution in [0.25, 0.3) is 38.2 Å². The minimum atomic E-state index is 0.0898. The van der Waals surface area contributed by atoms with Gasteiger partial charge in [0.1, 0.15) is 0 Å². The van der Waals surface area contributed by atoms with Gasteiger partial charge in [-0.05, 0) is 135 Å². The molecule has 2 unspecified atom stereocenters. The van der Waals surface area contributed by atoms with Crippen LogP contribution in [-0.4, -0.2) is 5.25 Å². The summed E-state index contributed by atoms with van der Waals surface area (Å²) in [6.07, 6.45) is 6.76. The Balaban J connectivity index is 1.04. The predicted octanol–water partition coefficient (Wildman–Crippen LogP) is 17.1. The maximum Gasteiger partial charge on any atom is 0.0508 e. The van der Waals surface area contributed by atoms with Gasteiger partial charge in [-0.3, -0.25) is 0 Å². The van der Waals surface area contributed by atoms with E-state index >= 15 is 0 Å². The Kier molecular flexibility index (Phi) is 10.1. The van der Waals surface area contributed by atoms with E-state index in [0.29, 0.717) is 11.2 Å². The van der Waals surface area contributed by atoms with Crippen molar-refractivity contribution in [2.45, 2.75) is 59.5 Å². The Labute approximate surface area is 391 Å². The lowest BCUT2D eigenvalue weighted by molar-refractivity contribution is 0.629. The number of thioether (sulfide) groups is 1. The van der Waals surface area contributed by atoms with Crippen LogP contribution in [0.3, 0.4) is 0 Å². The van der Waals surface area contributed by atoms with E-state index in [1.165, 1.54) is 115 Å². The monoisotopic (exact) mass is 871 g/mol. The highest BCUT2D eigenvalue weighted by Gasteiger charge is 2.37. The summed E-state index contributed by atoms with van der Waals surface area (Å²) in [5.74, 6) is 0.602. The molecule has 9 aromatic rings. The number of aryl methyl sites for hydroxylation is 2. The van der Waals surface area contributed by atoms with Gasteiger partial charge in [-0.1, -0.05) is 194 Å². The second kappa shape index (κ2) is 16.5. The van der Waals surface area contributed by atoms with E-state index < -0.39 is 0 Å². The fraction of sp³-hybridized carbons (Fsp3) is 0.129. The average molecular weight is 872 g/mol. The van der Waals surface area contributed by atoms with E-state index in [4.69, 9.17) is 0 Å². The third-order valence-corrected chi connectivity index (χ3v) is 16.7. The van der Waals surface area contributed by atoms with Crippen LogP contribution in [0.1, 0.15) is 63.8 Å². The zero-order valence-corrected chi connectivity index (χ0v) is 38.6. The van der Waals surface area contributed by atoms with Crippen molar-refractivity contribution in [2.75, 3.05) is 4.90 Å². The Hall–Kier alpha value is -6.52. The van der Waals surface area contributed by atoms with Gasteiger partial charge < -0.3 is 4.90 Å². The molecule has 9 aromatic carbocycles. The number of benzene rings is 9. The molecule has 2 aliphatic heterocycles. The number of allylic oxidation sites excluding steroid dienone is 2. The lowest BCUT2D eigenvalue weighted by Gasteiger charge is -2.31. The van der Waals surface area contributed by atoms with Crippen molar-refractivity contribution < 1.29 is 0 Å². The van der Waals surface area contributed by atoms with Crippen molar-refractivity contribution in [3.8, 4) is 11.1 Å². The van der Waals surface area contributed by atoms with Gasteiger partial charge in [0.15, 0.2) is 0 Å². The molecule has 2 heterocycles. The predicted molar refractivity (Wildman–Crippen MR) is 278 cm³/mol. The highest BCUT2D eigenvalue weighted by Crippen LogP contribution is 2.54. The fourth-order valence-electron chi connectivity index (χ4n) is 10.7. The molecule has 0 radical (unpaired) electrons. The van der Waals surface area contributed by atoms with E-state index in [1.807, 2.05) is 23.5 Å². The Morgan fingerprint density at radius 2 is 1.28 bits per heavy atom. The van der Waals surface area contributed by atoms with Gasteiger partial charge in [0.2, 0.25) is 0 Å². The van der Waals surface area contributed by atoms with Gasteiger partial charge in [-0.15, -0.1) is 11.8 Å². The lowest BCUT2D eigenvalue weighted by atomic mass is 9.80. The Morgan fingerprint density at radius 3 is 2.06 bits per heavy atom. The summed E-state index contributed by atoms with van der Waals surface area (Å²) >= 11 is 4.01. The molecule has 0 bridgehead atoms. The quantitative estimate of drug-likeness (QED) is 0.116. The minimum absolute atomic E-state index is 0.0898. The SMILES string of the molecule is Cc1cccc(C(c2cccc(C)c2)c2cc3c(c4c2ccc2ccccc24)Sc2cc(N(C4=C5c6ccccc6SC5C(C)CC=C4)c4ccc(-c5ccccc5)cc4)ccc2C3)c1. The van der Waals surface area contributed by atoms with Crippen LogP contribution in [0.2, 0.25) is 0 Å². The van der Waals surface area contributed by atoms with Crippen molar-refractivity contribution >= 4 is 62.0 Å². The highest BCUT2D eigenvalue weighted by molar-refractivity contribution is 8.01. The summed E-state index contributed by atoms with van der Waals surface area (Å²) in [5, 5.41) is 5.66. The van der Waals surface area contributed by atoms with Gasteiger partial charge in [-0.25, -0.2) is 0 Å². The number of rotatable bonds is 7. The van der Waals surface area contributed by atoms with Gasteiger partial charge >= 0.3 is 0 Å². The Bertz CT molecular complexity index is 3330. The normalized spacial score (nSPS) is 16.3. The van der Waals surface area contributed by atoms with Crippen molar-refractivity contribution in [3.05, 3.63) is 250 Å². The standard InChI is InChI=1S/C62H49NS2/c1-39-14-11-20-46(34-39)58(47-21-12-15-40(2)35-47)54-37-48-36-45-28-32-50(38-57(45)65-62(48)59-51-22-8-7-19-44(51)29-33-52(54)59)63(49-30-26-43(27-31-49)42-17-5-4-6-18-42)55-24-13-16-41(3)61-60(55)53-23-9-10-25-56(53)64-61/h4-15,17-35,37-38,41,58,61H,16,36H2,1-3H3.